The molecule has 2 heterocycles. The first-order chi connectivity index (χ1) is 12.3. The maximum Gasteiger partial charge on any atom is 0.244 e. The molecule has 3 rings (SSSR count). The van der Waals surface area contributed by atoms with Crippen molar-refractivity contribution >= 4 is 23.3 Å². The van der Waals surface area contributed by atoms with Gasteiger partial charge in [-0.2, -0.15) is 5.10 Å². The third-order valence-electron chi connectivity index (χ3n) is 3.57. The van der Waals surface area contributed by atoms with E-state index in [1.54, 1.807) is 17.4 Å². The number of aliphatic hydroxyl groups is 1. The molecule has 0 aliphatic heterocycles. The van der Waals surface area contributed by atoms with Crippen LogP contribution in [0, 0.1) is 0 Å². The van der Waals surface area contributed by atoms with E-state index in [0.717, 1.165) is 21.8 Å². The molecule has 2 aromatic heterocycles. The number of nitrogens with one attached hydrogen (secondary N) is 1. The van der Waals surface area contributed by atoms with Crippen LogP contribution in [0.15, 0.2) is 60.1 Å². The van der Waals surface area contributed by atoms with E-state index in [-0.39, 0.29) is 12.5 Å². The van der Waals surface area contributed by atoms with Crippen LogP contribution in [-0.4, -0.2) is 33.9 Å². The van der Waals surface area contributed by atoms with Crippen molar-refractivity contribution in [3.63, 3.8) is 0 Å². The van der Waals surface area contributed by atoms with E-state index < -0.39 is 0 Å². The molecule has 0 fully saturated rings. The van der Waals surface area contributed by atoms with Crippen molar-refractivity contribution in [1.82, 2.24) is 15.1 Å². The molecule has 25 heavy (non-hydrogen) atoms. The normalized spacial score (nSPS) is 11.1. The summed E-state index contributed by atoms with van der Waals surface area (Å²) in [5.41, 5.74) is 2.69. The lowest BCUT2D eigenvalue weighted by Gasteiger charge is -1.99. The van der Waals surface area contributed by atoms with Crippen LogP contribution in [0.2, 0.25) is 0 Å². The number of benzene rings is 1. The maximum atomic E-state index is 11.9. The van der Waals surface area contributed by atoms with Crippen molar-refractivity contribution in [2.45, 2.75) is 6.42 Å². The third-order valence-corrected chi connectivity index (χ3v) is 4.44. The molecular formula is C19H19N3O2S. The molecule has 128 valence electrons. The zero-order valence-corrected chi connectivity index (χ0v) is 14.4. The number of thiophene rings is 1. The summed E-state index contributed by atoms with van der Waals surface area (Å²) in [5, 5.41) is 18.2. The molecule has 0 radical (unpaired) electrons. The molecular weight excluding hydrogens is 334 g/mol. The summed E-state index contributed by atoms with van der Waals surface area (Å²) in [5.74, 6) is -0.182. The second kappa shape index (κ2) is 8.41. The first-order valence-corrected chi connectivity index (χ1v) is 8.91. The average molecular weight is 353 g/mol. The van der Waals surface area contributed by atoms with Crippen LogP contribution in [-0.2, 0) is 4.79 Å². The van der Waals surface area contributed by atoms with Crippen LogP contribution in [0.25, 0.3) is 22.3 Å². The van der Waals surface area contributed by atoms with Gasteiger partial charge in [-0.05, 0) is 36.1 Å². The van der Waals surface area contributed by atoms with Crippen LogP contribution in [0.4, 0.5) is 0 Å². The van der Waals surface area contributed by atoms with Crippen molar-refractivity contribution in [3.05, 3.63) is 65.7 Å². The van der Waals surface area contributed by atoms with Gasteiger partial charge in [0.2, 0.25) is 5.91 Å². The van der Waals surface area contributed by atoms with E-state index in [4.69, 9.17) is 5.11 Å². The summed E-state index contributed by atoms with van der Waals surface area (Å²) in [7, 11) is 0. The highest BCUT2D eigenvalue weighted by atomic mass is 32.1. The van der Waals surface area contributed by atoms with Gasteiger partial charge < -0.3 is 10.4 Å². The summed E-state index contributed by atoms with van der Waals surface area (Å²) in [6.45, 7) is 0.525. The third kappa shape index (κ3) is 4.43. The van der Waals surface area contributed by atoms with E-state index >= 15 is 0 Å². The fourth-order valence-electron chi connectivity index (χ4n) is 2.34. The smallest absolute Gasteiger partial charge is 0.244 e. The van der Waals surface area contributed by atoms with E-state index in [9.17, 15) is 4.79 Å². The molecule has 1 aromatic carbocycles. The number of carbonyl (C=O) groups excluding carboxylic acids is 1. The number of carbonyl (C=O) groups is 1. The van der Waals surface area contributed by atoms with E-state index in [0.29, 0.717) is 13.0 Å². The van der Waals surface area contributed by atoms with Gasteiger partial charge in [0.1, 0.15) is 5.69 Å². The molecule has 1 amide bonds. The number of hydrogen-bond acceptors (Lipinski definition) is 4. The number of rotatable bonds is 7. The molecule has 0 saturated carbocycles. The van der Waals surface area contributed by atoms with Crippen molar-refractivity contribution in [2.75, 3.05) is 13.2 Å². The Kier molecular flexibility index (Phi) is 5.77. The van der Waals surface area contributed by atoms with Gasteiger partial charge in [0.25, 0.3) is 0 Å². The van der Waals surface area contributed by atoms with Crippen molar-refractivity contribution in [1.29, 1.82) is 0 Å². The van der Waals surface area contributed by atoms with Crippen molar-refractivity contribution in [3.8, 4) is 16.3 Å². The number of aromatic nitrogens is 2. The number of hydrogen-bond donors (Lipinski definition) is 2. The lowest BCUT2D eigenvalue weighted by atomic mass is 10.2. The molecule has 0 atom stereocenters. The Morgan fingerprint density at radius 3 is 2.80 bits per heavy atom. The topological polar surface area (TPSA) is 67.2 Å². The highest BCUT2D eigenvalue weighted by molar-refractivity contribution is 7.13. The number of nitrogens with zero attached hydrogens (tertiary/aromatic N) is 2. The minimum atomic E-state index is -0.182. The van der Waals surface area contributed by atoms with Crippen LogP contribution in [0.3, 0.4) is 0 Å². The zero-order chi connectivity index (χ0) is 17.5. The van der Waals surface area contributed by atoms with E-state index in [1.165, 1.54) is 6.08 Å². The summed E-state index contributed by atoms with van der Waals surface area (Å²) in [6.07, 6.45) is 5.74. The second-order valence-electron chi connectivity index (χ2n) is 5.39. The molecule has 0 aliphatic carbocycles. The standard InChI is InChI=1S/C19H19N3O2S/c23-12-5-11-20-18(24)10-9-15-14-22(16-6-2-1-3-7-16)21-19(15)17-8-4-13-25-17/h1-4,6-10,13-14,23H,5,11-12H2,(H,20,24)/b10-9+. The maximum absolute atomic E-state index is 11.9. The van der Waals surface area contributed by atoms with Crippen LogP contribution in [0.5, 0.6) is 0 Å². The Morgan fingerprint density at radius 2 is 2.08 bits per heavy atom. The Morgan fingerprint density at radius 1 is 1.24 bits per heavy atom. The molecule has 0 spiro atoms. The predicted octanol–water partition coefficient (Wildman–Crippen LogP) is 3.11. The molecule has 0 saturated heterocycles. The quantitative estimate of drug-likeness (QED) is 0.507. The Labute approximate surface area is 150 Å². The summed E-state index contributed by atoms with van der Waals surface area (Å²) in [6, 6.07) is 13.9. The largest absolute Gasteiger partial charge is 0.396 e. The van der Waals surface area contributed by atoms with Crippen molar-refractivity contribution in [2.24, 2.45) is 0 Å². The highest BCUT2D eigenvalue weighted by Crippen LogP contribution is 2.28. The van der Waals surface area contributed by atoms with Gasteiger partial charge in [-0.1, -0.05) is 24.3 Å². The molecule has 2 N–H and O–H groups in total. The number of amides is 1. The Bertz CT molecular complexity index is 839. The van der Waals surface area contributed by atoms with Gasteiger partial charge in [0, 0.05) is 31.0 Å². The highest BCUT2D eigenvalue weighted by Gasteiger charge is 2.11. The number of aliphatic hydroxyl groups excluding tert-OH is 1. The minimum Gasteiger partial charge on any atom is -0.396 e. The molecule has 0 unspecified atom stereocenters. The van der Waals surface area contributed by atoms with Crippen LogP contribution >= 0.6 is 11.3 Å². The monoisotopic (exact) mass is 353 g/mol. The lowest BCUT2D eigenvalue weighted by molar-refractivity contribution is -0.116. The van der Waals surface area contributed by atoms with E-state index in [2.05, 4.69) is 10.4 Å². The van der Waals surface area contributed by atoms with Gasteiger partial charge in [-0.15, -0.1) is 11.3 Å². The minimum absolute atomic E-state index is 0.0658. The molecule has 5 nitrogen and oxygen atoms in total. The number of para-hydroxylation sites is 1. The lowest BCUT2D eigenvalue weighted by Crippen LogP contribution is -2.22. The Balaban J connectivity index is 1.87. The van der Waals surface area contributed by atoms with Crippen LogP contribution < -0.4 is 5.32 Å². The Hall–Kier alpha value is -2.70. The summed E-state index contributed by atoms with van der Waals surface area (Å²) >= 11 is 1.61. The van der Waals surface area contributed by atoms with E-state index in [1.807, 2.05) is 58.7 Å². The first-order valence-electron chi connectivity index (χ1n) is 8.03. The van der Waals surface area contributed by atoms with Gasteiger partial charge in [-0.3, -0.25) is 4.79 Å². The molecule has 0 bridgehead atoms. The molecule has 3 aromatic rings. The van der Waals surface area contributed by atoms with Crippen molar-refractivity contribution < 1.29 is 9.90 Å². The second-order valence-corrected chi connectivity index (χ2v) is 6.34. The van der Waals surface area contributed by atoms with Gasteiger partial charge >= 0.3 is 0 Å². The SMILES string of the molecule is O=C(/C=C/c1cn(-c2ccccc2)nc1-c1cccs1)NCCCO. The molecule has 0 aliphatic rings. The summed E-state index contributed by atoms with van der Waals surface area (Å²) in [4.78, 5) is 12.9. The average Bonchev–Trinajstić information content (AvgIpc) is 3.30. The fourth-order valence-corrected chi connectivity index (χ4v) is 3.07. The fraction of sp³-hybridized carbons (Fsp3) is 0.158. The van der Waals surface area contributed by atoms with Gasteiger partial charge in [-0.25, -0.2) is 4.68 Å². The first kappa shape index (κ1) is 17.1. The van der Waals surface area contributed by atoms with Gasteiger partial charge in [0.05, 0.1) is 10.6 Å². The predicted molar refractivity (Wildman–Crippen MR) is 101 cm³/mol. The zero-order valence-electron chi connectivity index (χ0n) is 13.6. The van der Waals surface area contributed by atoms with Gasteiger partial charge in [0.15, 0.2) is 0 Å². The summed E-state index contributed by atoms with van der Waals surface area (Å²) < 4.78 is 1.82. The molecule has 6 heteroatoms. The van der Waals surface area contributed by atoms with Crippen LogP contribution in [0.1, 0.15) is 12.0 Å².